The molecule has 0 saturated heterocycles. The summed E-state index contributed by atoms with van der Waals surface area (Å²) in [6, 6.07) is 8.00. The van der Waals surface area contributed by atoms with E-state index < -0.39 is 7.12 Å². The SMILES string of the molecule is CC(C)NC(C)c1ccc(B(O)O)cc1. The van der Waals surface area contributed by atoms with Crippen LogP contribution in [-0.4, -0.2) is 23.2 Å². The Kier molecular flexibility index (Phi) is 4.33. The van der Waals surface area contributed by atoms with Crippen LogP contribution in [0.25, 0.3) is 0 Å². The number of benzene rings is 1. The Balaban J connectivity index is 2.71. The smallest absolute Gasteiger partial charge is 0.423 e. The van der Waals surface area contributed by atoms with Crippen molar-refractivity contribution in [2.45, 2.75) is 32.9 Å². The van der Waals surface area contributed by atoms with Gasteiger partial charge < -0.3 is 15.4 Å². The molecule has 0 amide bonds. The topological polar surface area (TPSA) is 52.5 Å². The second-order valence-electron chi connectivity index (χ2n) is 4.08. The minimum atomic E-state index is -1.38. The molecule has 0 bridgehead atoms. The number of hydrogen-bond donors (Lipinski definition) is 3. The molecule has 1 atom stereocenters. The summed E-state index contributed by atoms with van der Waals surface area (Å²) in [4.78, 5) is 0. The first-order chi connectivity index (χ1) is 7.00. The van der Waals surface area contributed by atoms with Gasteiger partial charge in [0.25, 0.3) is 0 Å². The van der Waals surface area contributed by atoms with Crippen molar-refractivity contribution >= 4 is 12.6 Å². The van der Waals surface area contributed by atoms with Crippen molar-refractivity contribution in [2.75, 3.05) is 0 Å². The van der Waals surface area contributed by atoms with Crippen LogP contribution in [0.15, 0.2) is 24.3 Å². The van der Waals surface area contributed by atoms with E-state index in [0.29, 0.717) is 11.5 Å². The Bertz CT molecular complexity index is 298. The zero-order valence-electron chi connectivity index (χ0n) is 9.44. The molecule has 0 saturated carbocycles. The summed E-state index contributed by atoms with van der Waals surface area (Å²) in [7, 11) is -1.38. The van der Waals surface area contributed by atoms with Crippen molar-refractivity contribution in [1.29, 1.82) is 0 Å². The van der Waals surface area contributed by atoms with Crippen LogP contribution in [0.3, 0.4) is 0 Å². The molecule has 0 aliphatic carbocycles. The predicted octanol–water partition coefficient (Wildman–Crippen LogP) is 0.425. The Labute approximate surface area is 91.3 Å². The monoisotopic (exact) mass is 207 g/mol. The summed E-state index contributed by atoms with van der Waals surface area (Å²) in [5, 5.41) is 21.3. The molecule has 3 nitrogen and oxygen atoms in total. The second-order valence-corrected chi connectivity index (χ2v) is 4.08. The lowest BCUT2D eigenvalue weighted by Crippen LogP contribution is -2.30. The highest BCUT2D eigenvalue weighted by molar-refractivity contribution is 6.58. The van der Waals surface area contributed by atoms with Gasteiger partial charge in [0.1, 0.15) is 0 Å². The highest BCUT2D eigenvalue weighted by atomic mass is 16.4. The molecule has 1 unspecified atom stereocenters. The summed E-state index contributed by atoms with van der Waals surface area (Å²) in [6.07, 6.45) is 0. The van der Waals surface area contributed by atoms with Gasteiger partial charge in [-0.25, -0.2) is 0 Å². The fourth-order valence-corrected chi connectivity index (χ4v) is 1.55. The lowest BCUT2D eigenvalue weighted by Gasteiger charge is -2.17. The molecule has 3 N–H and O–H groups in total. The van der Waals surface area contributed by atoms with Gasteiger partial charge in [-0.05, 0) is 17.9 Å². The maximum absolute atomic E-state index is 8.94. The van der Waals surface area contributed by atoms with Crippen molar-refractivity contribution in [2.24, 2.45) is 0 Å². The molecule has 1 aromatic rings. The maximum Gasteiger partial charge on any atom is 0.488 e. The first-order valence-electron chi connectivity index (χ1n) is 5.22. The molecule has 0 radical (unpaired) electrons. The average molecular weight is 207 g/mol. The van der Waals surface area contributed by atoms with E-state index in [1.165, 1.54) is 0 Å². The fraction of sp³-hybridized carbons (Fsp3) is 0.455. The van der Waals surface area contributed by atoms with Crippen LogP contribution in [0.4, 0.5) is 0 Å². The molecule has 1 rings (SSSR count). The molecular formula is C11H18BNO2. The molecule has 0 fully saturated rings. The van der Waals surface area contributed by atoms with E-state index in [9.17, 15) is 0 Å². The number of nitrogens with one attached hydrogen (secondary N) is 1. The van der Waals surface area contributed by atoms with Crippen LogP contribution in [0, 0.1) is 0 Å². The minimum absolute atomic E-state index is 0.273. The Morgan fingerprint density at radius 1 is 1.07 bits per heavy atom. The van der Waals surface area contributed by atoms with Crippen LogP contribution in [-0.2, 0) is 0 Å². The fourth-order valence-electron chi connectivity index (χ4n) is 1.55. The zero-order chi connectivity index (χ0) is 11.4. The minimum Gasteiger partial charge on any atom is -0.423 e. The Morgan fingerprint density at radius 2 is 1.60 bits per heavy atom. The highest BCUT2D eigenvalue weighted by Gasteiger charge is 2.11. The summed E-state index contributed by atoms with van der Waals surface area (Å²) in [6.45, 7) is 6.29. The molecule has 0 heterocycles. The van der Waals surface area contributed by atoms with Gasteiger partial charge in [-0.3, -0.25) is 0 Å². The van der Waals surface area contributed by atoms with E-state index in [1.807, 2.05) is 12.1 Å². The van der Waals surface area contributed by atoms with Crippen LogP contribution in [0.1, 0.15) is 32.4 Å². The maximum atomic E-state index is 8.94. The third kappa shape index (κ3) is 3.66. The van der Waals surface area contributed by atoms with Crippen LogP contribution >= 0.6 is 0 Å². The molecule has 15 heavy (non-hydrogen) atoms. The number of hydrogen-bond acceptors (Lipinski definition) is 3. The third-order valence-electron chi connectivity index (χ3n) is 2.32. The van der Waals surface area contributed by atoms with E-state index in [2.05, 4.69) is 26.1 Å². The van der Waals surface area contributed by atoms with Gasteiger partial charge in [0.15, 0.2) is 0 Å². The van der Waals surface area contributed by atoms with E-state index >= 15 is 0 Å². The lowest BCUT2D eigenvalue weighted by atomic mass is 9.80. The summed E-state index contributed by atoms with van der Waals surface area (Å²) < 4.78 is 0. The molecule has 0 spiro atoms. The van der Waals surface area contributed by atoms with Crippen molar-refractivity contribution in [1.82, 2.24) is 5.32 Å². The third-order valence-corrected chi connectivity index (χ3v) is 2.32. The van der Waals surface area contributed by atoms with Gasteiger partial charge >= 0.3 is 7.12 Å². The lowest BCUT2D eigenvalue weighted by molar-refractivity contribution is 0.425. The van der Waals surface area contributed by atoms with Gasteiger partial charge in [-0.1, -0.05) is 38.1 Å². The van der Waals surface area contributed by atoms with Gasteiger partial charge in [-0.15, -0.1) is 0 Å². The molecule has 0 aliphatic rings. The van der Waals surface area contributed by atoms with E-state index in [-0.39, 0.29) is 6.04 Å². The van der Waals surface area contributed by atoms with Gasteiger partial charge in [0, 0.05) is 12.1 Å². The second kappa shape index (κ2) is 5.30. The molecule has 0 aromatic heterocycles. The van der Waals surface area contributed by atoms with Gasteiger partial charge in [-0.2, -0.15) is 0 Å². The summed E-state index contributed by atoms with van der Waals surface area (Å²) in [5.41, 5.74) is 1.67. The van der Waals surface area contributed by atoms with Crippen LogP contribution < -0.4 is 10.8 Å². The summed E-state index contributed by atoms with van der Waals surface area (Å²) >= 11 is 0. The molecule has 1 aromatic carbocycles. The highest BCUT2D eigenvalue weighted by Crippen LogP contribution is 2.11. The predicted molar refractivity (Wildman–Crippen MR) is 63.0 cm³/mol. The Hall–Kier alpha value is -0.835. The zero-order valence-corrected chi connectivity index (χ0v) is 9.44. The largest absolute Gasteiger partial charge is 0.488 e. The molecule has 82 valence electrons. The van der Waals surface area contributed by atoms with Crippen LogP contribution in [0.5, 0.6) is 0 Å². The summed E-state index contributed by atoms with van der Waals surface area (Å²) in [5.74, 6) is 0. The van der Waals surface area contributed by atoms with Crippen LogP contribution in [0.2, 0.25) is 0 Å². The standard InChI is InChI=1S/C11H18BNO2/c1-8(2)13-9(3)10-4-6-11(7-5-10)12(14)15/h4-9,13-15H,1-3H3. The molecule has 4 heteroatoms. The first-order valence-corrected chi connectivity index (χ1v) is 5.22. The van der Waals surface area contributed by atoms with Gasteiger partial charge in [0.2, 0.25) is 0 Å². The van der Waals surface area contributed by atoms with Crippen molar-refractivity contribution in [3.05, 3.63) is 29.8 Å². The first kappa shape index (κ1) is 12.2. The van der Waals surface area contributed by atoms with Crippen molar-refractivity contribution in [3.63, 3.8) is 0 Å². The Morgan fingerprint density at radius 3 is 2.00 bits per heavy atom. The van der Waals surface area contributed by atoms with E-state index in [1.54, 1.807) is 12.1 Å². The molecular weight excluding hydrogens is 189 g/mol. The number of rotatable bonds is 4. The quantitative estimate of drug-likeness (QED) is 0.627. The van der Waals surface area contributed by atoms with E-state index in [0.717, 1.165) is 5.56 Å². The van der Waals surface area contributed by atoms with Crippen molar-refractivity contribution < 1.29 is 10.0 Å². The van der Waals surface area contributed by atoms with Gasteiger partial charge in [0.05, 0.1) is 0 Å². The molecule has 0 aliphatic heterocycles. The van der Waals surface area contributed by atoms with Crippen molar-refractivity contribution in [3.8, 4) is 0 Å². The average Bonchev–Trinajstić information content (AvgIpc) is 2.17. The normalized spacial score (nSPS) is 12.9. The van der Waals surface area contributed by atoms with E-state index in [4.69, 9.17) is 10.0 Å².